The first-order chi connectivity index (χ1) is 9.67. The number of guanidine groups is 1. The van der Waals surface area contributed by atoms with Gasteiger partial charge in [0, 0.05) is 33.1 Å². The standard InChI is InChI=1S/C13H24N4O2S/c1-11-16-12(10-20-11)9-17(3)13(14-2)15-5-6-19-8-7-18-4/h10H,5-9H2,1-4H3,(H,14,15). The number of rotatable bonds is 8. The summed E-state index contributed by atoms with van der Waals surface area (Å²) in [7, 11) is 5.44. The Labute approximate surface area is 124 Å². The second-order valence-corrected chi connectivity index (χ2v) is 5.36. The molecule has 0 fully saturated rings. The maximum Gasteiger partial charge on any atom is 0.193 e. The molecule has 20 heavy (non-hydrogen) atoms. The van der Waals surface area contributed by atoms with Crippen molar-refractivity contribution in [1.82, 2.24) is 15.2 Å². The lowest BCUT2D eigenvalue weighted by Gasteiger charge is -2.21. The molecule has 114 valence electrons. The van der Waals surface area contributed by atoms with Crippen molar-refractivity contribution in [2.75, 3.05) is 47.6 Å². The van der Waals surface area contributed by atoms with Gasteiger partial charge in [-0.1, -0.05) is 0 Å². The Bertz CT molecular complexity index is 409. The van der Waals surface area contributed by atoms with Gasteiger partial charge in [-0.15, -0.1) is 11.3 Å². The third-order valence-corrected chi connectivity index (χ3v) is 3.42. The smallest absolute Gasteiger partial charge is 0.193 e. The van der Waals surface area contributed by atoms with E-state index in [4.69, 9.17) is 9.47 Å². The van der Waals surface area contributed by atoms with E-state index in [1.807, 2.05) is 18.9 Å². The quantitative estimate of drug-likeness (QED) is 0.443. The minimum absolute atomic E-state index is 0.616. The van der Waals surface area contributed by atoms with Crippen LogP contribution in [0.15, 0.2) is 10.4 Å². The molecule has 0 saturated heterocycles. The molecule has 0 amide bonds. The lowest BCUT2D eigenvalue weighted by atomic mass is 10.4. The van der Waals surface area contributed by atoms with E-state index in [1.54, 1.807) is 25.5 Å². The number of ether oxygens (including phenoxy) is 2. The second-order valence-electron chi connectivity index (χ2n) is 4.29. The molecule has 0 aliphatic heterocycles. The van der Waals surface area contributed by atoms with Crippen LogP contribution in [-0.2, 0) is 16.0 Å². The molecule has 1 heterocycles. The van der Waals surface area contributed by atoms with Gasteiger partial charge in [0.15, 0.2) is 5.96 Å². The van der Waals surface area contributed by atoms with E-state index in [0.29, 0.717) is 19.8 Å². The summed E-state index contributed by atoms with van der Waals surface area (Å²) in [6.45, 7) is 5.35. The fraction of sp³-hybridized carbons (Fsp3) is 0.692. The molecule has 0 bridgehead atoms. The molecule has 1 aromatic heterocycles. The van der Waals surface area contributed by atoms with E-state index in [-0.39, 0.29) is 0 Å². The molecule has 1 N–H and O–H groups in total. The summed E-state index contributed by atoms with van der Waals surface area (Å²) in [5, 5.41) is 6.42. The third-order valence-electron chi connectivity index (χ3n) is 2.60. The van der Waals surface area contributed by atoms with Gasteiger partial charge in [-0.25, -0.2) is 4.98 Å². The van der Waals surface area contributed by atoms with Crippen molar-refractivity contribution in [3.63, 3.8) is 0 Å². The first-order valence-corrected chi connectivity index (χ1v) is 7.44. The molecule has 7 heteroatoms. The first-order valence-electron chi connectivity index (χ1n) is 6.56. The Balaban J connectivity index is 2.27. The van der Waals surface area contributed by atoms with Gasteiger partial charge in [-0.2, -0.15) is 0 Å². The molecule has 0 saturated carbocycles. The van der Waals surface area contributed by atoms with Crippen molar-refractivity contribution in [3.05, 3.63) is 16.1 Å². The summed E-state index contributed by atoms with van der Waals surface area (Å²) in [4.78, 5) is 10.8. The summed E-state index contributed by atoms with van der Waals surface area (Å²) in [5.74, 6) is 0.839. The van der Waals surface area contributed by atoms with Gasteiger partial charge in [-0.05, 0) is 6.92 Å². The number of thiazole rings is 1. The van der Waals surface area contributed by atoms with Crippen LogP contribution in [0, 0.1) is 6.92 Å². The summed E-state index contributed by atoms with van der Waals surface area (Å²) >= 11 is 1.66. The van der Waals surface area contributed by atoms with Gasteiger partial charge in [0.25, 0.3) is 0 Å². The molecule has 6 nitrogen and oxygen atoms in total. The Morgan fingerprint density at radius 3 is 2.85 bits per heavy atom. The molecule has 0 aliphatic rings. The van der Waals surface area contributed by atoms with Gasteiger partial charge in [0.2, 0.25) is 0 Å². The Morgan fingerprint density at radius 2 is 2.25 bits per heavy atom. The fourth-order valence-corrected chi connectivity index (χ4v) is 2.27. The number of hydrogen-bond acceptors (Lipinski definition) is 5. The summed E-state index contributed by atoms with van der Waals surface area (Å²) in [5.41, 5.74) is 1.06. The van der Waals surface area contributed by atoms with Crippen molar-refractivity contribution in [2.45, 2.75) is 13.5 Å². The van der Waals surface area contributed by atoms with Crippen LogP contribution in [0.5, 0.6) is 0 Å². The number of aryl methyl sites for hydroxylation is 1. The normalized spacial score (nSPS) is 11.7. The SMILES string of the molecule is CN=C(NCCOCCOC)N(C)Cc1csc(C)n1. The molecule has 0 unspecified atom stereocenters. The van der Waals surface area contributed by atoms with Crippen LogP contribution in [0.1, 0.15) is 10.7 Å². The number of methoxy groups -OCH3 is 1. The van der Waals surface area contributed by atoms with E-state index in [0.717, 1.165) is 29.8 Å². The predicted molar refractivity (Wildman–Crippen MR) is 82.4 cm³/mol. The largest absolute Gasteiger partial charge is 0.382 e. The predicted octanol–water partition coefficient (Wildman–Crippen LogP) is 1.12. The van der Waals surface area contributed by atoms with Crippen LogP contribution in [0.3, 0.4) is 0 Å². The minimum Gasteiger partial charge on any atom is -0.382 e. The highest BCUT2D eigenvalue weighted by Crippen LogP contribution is 2.09. The van der Waals surface area contributed by atoms with Crippen LogP contribution < -0.4 is 5.32 Å². The van der Waals surface area contributed by atoms with E-state index in [9.17, 15) is 0 Å². The monoisotopic (exact) mass is 300 g/mol. The van der Waals surface area contributed by atoms with E-state index in [2.05, 4.69) is 20.7 Å². The maximum atomic E-state index is 5.40. The second kappa shape index (κ2) is 9.68. The highest BCUT2D eigenvalue weighted by atomic mass is 32.1. The summed E-state index contributed by atoms with van der Waals surface area (Å²) in [6.07, 6.45) is 0. The Kier molecular flexibility index (Phi) is 8.17. The first kappa shape index (κ1) is 16.9. The lowest BCUT2D eigenvalue weighted by molar-refractivity contribution is 0.0731. The van der Waals surface area contributed by atoms with E-state index < -0.39 is 0 Å². The number of hydrogen-bond donors (Lipinski definition) is 1. The van der Waals surface area contributed by atoms with Crippen LogP contribution >= 0.6 is 11.3 Å². The van der Waals surface area contributed by atoms with Crippen LogP contribution in [0.4, 0.5) is 0 Å². The zero-order valence-corrected chi connectivity index (χ0v) is 13.5. The molecule has 1 aromatic rings. The van der Waals surface area contributed by atoms with E-state index in [1.165, 1.54) is 0 Å². The van der Waals surface area contributed by atoms with Gasteiger partial charge in [-0.3, -0.25) is 4.99 Å². The van der Waals surface area contributed by atoms with Gasteiger partial charge >= 0.3 is 0 Å². The topological polar surface area (TPSA) is 59.0 Å². The lowest BCUT2D eigenvalue weighted by Crippen LogP contribution is -2.40. The Morgan fingerprint density at radius 1 is 1.45 bits per heavy atom. The molecular weight excluding hydrogens is 276 g/mol. The van der Waals surface area contributed by atoms with Gasteiger partial charge in [0.05, 0.1) is 37.1 Å². The average Bonchev–Trinajstić information content (AvgIpc) is 2.83. The van der Waals surface area contributed by atoms with Crippen LogP contribution in [-0.4, -0.2) is 63.4 Å². The van der Waals surface area contributed by atoms with Crippen molar-refractivity contribution < 1.29 is 9.47 Å². The van der Waals surface area contributed by atoms with Crippen LogP contribution in [0.25, 0.3) is 0 Å². The molecule has 0 atom stereocenters. The van der Waals surface area contributed by atoms with E-state index >= 15 is 0 Å². The highest BCUT2D eigenvalue weighted by Gasteiger charge is 2.08. The molecule has 0 spiro atoms. The molecule has 0 aromatic carbocycles. The fourth-order valence-electron chi connectivity index (χ4n) is 1.66. The zero-order chi connectivity index (χ0) is 14.8. The Hall–Kier alpha value is -1.18. The van der Waals surface area contributed by atoms with Gasteiger partial charge < -0.3 is 19.7 Å². The van der Waals surface area contributed by atoms with Gasteiger partial charge in [0.1, 0.15) is 0 Å². The molecule has 0 radical (unpaired) electrons. The van der Waals surface area contributed by atoms with Crippen molar-refractivity contribution >= 4 is 17.3 Å². The number of aromatic nitrogens is 1. The molecule has 1 rings (SSSR count). The zero-order valence-electron chi connectivity index (χ0n) is 12.7. The van der Waals surface area contributed by atoms with Crippen molar-refractivity contribution in [2.24, 2.45) is 4.99 Å². The van der Waals surface area contributed by atoms with Crippen molar-refractivity contribution in [3.8, 4) is 0 Å². The summed E-state index contributed by atoms with van der Waals surface area (Å²) < 4.78 is 10.3. The van der Waals surface area contributed by atoms with Crippen molar-refractivity contribution in [1.29, 1.82) is 0 Å². The highest BCUT2D eigenvalue weighted by molar-refractivity contribution is 7.09. The molecule has 0 aliphatic carbocycles. The minimum atomic E-state index is 0.616. The maximum absolute atomic E-state index is 5.40. The summed E-state index contributed by atoms with van der Waals surface area (Å²) in [6, 6.07) is 0. The number of aliphatic imine (C=N–C) groups is 1. The number of nitrogens with zero attached hydrogens (tertiary/aromatic N) is 3. The average molecular weight is 300 g/mol. The molecular formula is C13H24N4O2S. The van der Waals surface area contributed by atoms with Crippen LogP contribution in [0.2, 0.25) is 0 Å². The third kappa shape index (κ3) is 6.31. The number of nitrogens with one attached hydrogen (secondary N) is 1.